The van der Waals surface area contributed by atoms with E-state index in [1.165, 1.54) is 6.26 Å². The highest BCUT2D eigenvalue weighted by atomic mass is 35.5. The molecule has 0 aliphatic heterocycles. The maximum Gasteiger partial charge on any atom is 0.175 e. The van der Waals surface area contributed by atoms with Gasteiger partial charge in [0.15, 0.2) is 9.84 Å². The molecule has 3 aromatic rings. The van der Waals surface area contributed by atoms with Gasteiger partial charge in [-0.15, -0.1) is 0 Å². The predicted octanol–water partition coefficient (Wildman–Crippen LogP) is 4.80. The van der Waals surface area contributed by atoms with Gasteiger partial charge in [-0.25, -0.2) is 8.42 Å². The van der Waals surface area contributed by atoms with Crippen LogP contribution in [0, 0.1) is 0 Å². The van der Waals surface area contributed by atoms with Gasteiger partial charge >= 0.3 is 0 Å². The van der Waals surface area contributed by atoms with Gasteiger partial charge in [0.05, 0.1) is 27.1 Å². The number of aliphatic hydroxyl groups is 1. The molecule has 3 N–H and O–H groups in total. The van der Waals surface area contributed by atoms with Gasteiger partial charge < -0.3 is 10.8 Å². The summed E-state index contributed by atoms with van der Waals surface area (Å²) >= 11 is 12.0. The Kier molecular flexibility index (Phi) is 6.12. The summed E-state index contributed by atoms with van der Waals surface area (Å²) in [5.74, 6) is 0. The van der Waals surface area contributed by atoms with Crippen molar-refractivity contribution in [1.82, 2.24) is 0 Å². The number of benzene rings is 3. The third kappa shape index (κ3) is 4.57. The van der Waals surface area contributed by atoms with Crippen molar-refractivity contribution in [3.05, 3.63) is 87.9 Å². The molecule has 0 amide bonds. The topological polar surface area (TPSA) is 80.4 Å². The van der Waals surface area contributed by atoms with Crippen LogP contribution in [0.3, 0.4) is 0 Å². The van der Waals surface area contributed by atoms with Crippen LogP contribution in [0.4, 0.5) is 0 Å². The molecule has 0 radical (unpaired) electrons. The Bertz CT molecular complexity index is 1100. The van der Waals surface area contributed by atoms with Crippen molar-refractivity contribution in [3.8, 4) is 11.1 Å². The van der Waals surface area contributed by atoms with Crippen molar-refractivity contribution in [2.24, 2.45) is 5.73 Å². The molecule has 0 bridgehead atoms. The zero-order valence-electron chi connectivity index (χ0n) is 15.0. The first-order valence-corrected chi connectivity index (χ1v) is 11.1. The minimum atomic E-state index is -3.28. The largest absolute Gasteiger partial charge is 0.386 e. The Morgan fingerprint density at radius 3 is 2.11 bits per heavy atom. The van der Waals surface area contributed by atoms with Crippen molar-refractivity contribution in [3.63, 3.8) is 0 Å². The third-order valence-corrected chi connectivity index (χ3v) is 6.37. The lowest BCUT2D eigenvalue weighted by atomic mass is 9.95. The second-order valence-corrected chi connectivity index (χ2v) is 9.40. The maximum atomic E-state index is 11.7. The molecule has 0 aliphatic rings. The summed E-state index contributed by atoms with van der Waals surface area (Å²) in [6, 6.07) is 18.2. The molecule has 0 aliphatic carbocycles. The third-order valence-electron chi connectivity index (χ3n) is 4.52. The second kappa shape index (κ2) is 8.23. The van der Waals surface area contributed by atoms with E-state index in [2.05, 4.69) is 0 Å². The highest BCUT2D eigenvalue weighted by molar-refractivity contribution is 7.90. The van der Waals surface area contributed by atoms with Gasteiger partial charge in [-0.2, -0.15) is 0 Å². The van der Waals surface area contributed by atoms with E-state index in [0.29, 0.717) is 21.2 Å². The molecule has 0 saturated heterocycles. The number of nitrogens with two attached hydrogens (primary N) is 1. The van der Waals surface area contributed by atoms with Crippen LogP contribution in [0.2, 0.25) is 10.0 Å². The quantitative estimate of drug-likeness (QED) is 0.602. The zero-order chi connectivity index (χ0) is 20.5. The van der Waals surface area contributed by atoms with Crippen LogP contribution in [0.25, 0.3) is 11.1 Å². The van der Waals surface area contributed by atoms with Crippen molar-refractivity contribution in [2.75, 3.05) is 6.26 Å². The lowest BCUT2D eigenvalue weighted by Crippen LogP contribution is -2.19. The van der Waals surface area contributed by atoms with Crippen molar-refractivity contribution in [2.45, 2.75) is 17.0 Å². The van der Waals surface area contributed by atoms with Crippen LogP contribution >= 0.6 is 23.2 Å². The van der Waals surface area contributed by atoms with Crippen molar-refractivity contribution >= 4 is 33.0 Å². The van der Waals surface area contributed by atoms with Crippen LogP contribution in [-0.2, 0) is 9.84 Å². The van der Waals surface area contributed by atoms with Gasteiger partial charge in [-0.3, -0.25) is 0 Å². The molecule has 146 valence electrons. The molecular formula is C21H19Cl2NO3S. The zero-order valence-corrected chi connectivity index (χ0v) is 17.3. The van der Waals surface area contributed by atoms with Gasteiger partial charge in [0, 0.05) is 6.26 Å². The highest BCUT2D eigenvalue weighted by Crippen LogP contribution is 2.32. The summed E-state index contributed by atoms with van der Waals surface area (Å²) in [6.07, 6.45) is 0.240. The lowest BCUT2D eigenvalue weighted by Gasteiger charge is -2.20. The van der Waals surface area contributed by atoms with Gasteiger partial charge in [-0.1, -0.05) is 65.7 Å². The fourth-order valence-electron chi connectivity index (χ4n) is 2.89. The maximum absolute atomic E-state index is 11.7. The Balaban J connectivity index is 1.85. The number of halogens is 2. The van der Waals surface area contributed by atoms with Crippen molar-refractivity contribution < 1.29 is 13.5 Å². The Morgan fingerprint density at radius 2 is 1.50 bits per heavy atom. The minimum absolute atomic E-state index is 0.260. The fourth-order valence-corrected chi connectivity index (χ4v) is 3.86. The van der Waals surface area contributed by atoms with E-state index >= 15 is 0 Å². The van der Waals surface area contributed by atoms with Crippen LogP contribution < -0.4 is 5.73 Å². The molecule has 0 saturated carbocycles. The molecule has 3 rings (SSSR count). The lowest BCUT2D eigenvalue weighted by molar-refractivity contribution is 0.147. The van der Waals surface area contributed by atoms with E-state index in [4.69, 9.17) is 28.9 Å². The van der Waals surface area contributed by atoms with Crippen LogP contribution in [0.15, 0.2) is 71.6 Å². The van der Waals surface area contributed by atoms with E-state index in [-0.39, 0.29) is 4.90 Å². The van der Waals surface area contributed by atoms with Crippen LogP contribution in [0.5, 0.6) is 0 Å². The molecule has 2 unspecified atom stereocenters. The molecule has 0 aromatic heterocycles. The normalized spacial score (nSPS) is 13.9. The minimum Gasteiger partial charge on any atom is -0.386 e. The van der Waals surface area contributed by atoms with Crippen molar-refractivity contribution in [1.29, 1.82) is 0 Å². The molecule has 0 heterocycles. The molecule has 3 aromatic carbocycles. The average molecular weight is 436 g/mol. The molecule has 4 nitrogen and oxygen atoms in total. The SMILES string of the molecule is CS(=O)(=O)c1cccc(-c2ccc(C(O)C(N)c3ccc(Cl)c(Cl)c3)cc2)c1. The fraction of sp³-hybridized carbons (Fsp3) is 0.143. The first-order chi connectivity index (χ1) is 13.2. The van der Waals surface area contributed by atoms with Gasteiger partial charge in [0.1, 0.15) is 0 Å². The molecule has 7 heteroatoms. The van der Waals surface area contributed by atoms with Gasteiger partial charge in [-0.05, 0) is 46.5 Å². The molecule has 0 spiro atoms. The summed E-state index contributed by atoms with van der Waals surface area (Å²) in [7, 11) is -3.28. The molecular weight excluding hydrogens is 417 g/mol. The van der Waals surface area contributed by atoms with Crippen LogP contribution in [-0.4, -0.2) is 19.8 Å². The monoisotopic (exact) mass is 435 g/mol. The Labute approximate surface area is 174 Å². The van der Waals surface area contributed by atoms with E-state index in [9.17, 15) is 13.5 Å². The van der Waals surface area contributed by atoms with E-state index in [1.54, 1.807) is 48.5 Å². The Hall–Kier alpha value is -1.89. The number of aliphatic hydroxyl groups excluding tert-OH is 1. The number of rotatable bonds is 5. The summed E-state index contributed by atoms with van der Waals surface area (Å²) in [4.78, 5) is 0.260. The first-order valence-electron chi connectivity index (χ1n) is 8.46. The standard InChI is InChI=1S/C21H19Cl2NO3S/c1-28(26,27)17-4-2-3-15(11-17)13-5-7-14(8-6-13)21(25)20(24)16-9-10-18(22)19(23)12-16/h2-12,20-21,25H,24H2,1H3. The number of hydrogen-bond donors (Lipinski definition) is 2. The summed E-state index contributed by atoms with van der Waals surface area (Å²) < 4.78 is 23.5. The molecule has 2 atom stereocenters. The predicted molar refractivity (Wildman–Crippen MR) is 113 cm³/mol. The van der Waals surface area contributed by atoms with Gasteiger partial charge in [0.2, 0.25) is 0 Å². The molecule has 28 heavy (non-hydrogen) atoms. The number of sulfone groups is 1. The van der Waals surface area contributed by atoms with E-state index < -0.39 is 22.0 Å². The smallest absolute Gasteiger partial charge is 0.175 e. The first kappa shape index (κ1) is 20.8. The Morgan fingerprint density at radius 1 is 0.857 bits per heavy atom. The average Bonchev–Trinajstić information content (AvgIpc) is 2.68. The highest BCUT2D eigenvalue weighted by Gasteiger charge is 2.20. The molecule has 0 fully saturated rings. The van der Waals surface area contributed by atoms with E-state index in [1.807, 2.05) is 18.2 Å². The van der Waals surface area contributed by atoms with E-state index in [0.717, 1.165) is 11.1 Å². The summed E-state index contributed by atoms with van der Waals surface area (Å²) in [5.41, 5.74) is 9.11. The van der Waals surface area contributed by atoms with Crippen LogP contribution in [0.1, 0.15) is 23.3 Å². The number of hydrogen-bond acceptors (Lipinski definition) is 4. The summed E-state index contributed by atoms with van der Waals surface area (Å²) in [6.45, 7) is 0. The summed E-state index contributed by atoms with van der Waals surface area (Å²) in [5, 5.41) is 11.4. The van der Waals surface area contributed by atoms with Gasteiger partial charge in [0.25, 0.3) is 0 Å². The second-order valence-electron chi connectivity index (χ2n) is 6.57.